The molecule has 29 heavy (non-hydrogen) atoms. The van der Waals surface area contributed by atoms with Gasteiger partial charge in [0.1, 0.15) is 11.4 Å². The summed E-state index contributed by atoms with van der Waals surface area (Å²) < 4.78 is 6.37. The maximum absolute atomic E-state index is 12.4. The number of carbonyl (C=O) groups excluding carboxylic acids is 2. The monoisotopic (exact) mass is 393 g/mol. The maximum Gasteiger partial charge on any atom is 0.255 e. The fourth-order valence-corrected chi connectivity index (χ4v) is 4.19. The molecule has 1 aromatic carbocycles. The first-order valence-electron chi connectivity index (χ1n) is 10.3. The summed E-state index contributed by atoms with van der Waals surface area (Å²) in [6.45, 7) is 2.47. The van der Waals surface area contributed by atoms with Crippen LogP contribution in [0.3, 0.4) is 0 Å². The van der Waals surface area contributed by atoms with E-state index in [-0.39, 0.29) is 17.9 Å². The number of aryl methyl sites for hydroxylation is 2. The van der Waals surface area contributed by atoms with Crippen LogP contribution in [0.1, 0.15) is 53.6 Å². The second-order valence-electron chi connectivity index (χ2n) is 8.17. The van der Waals surface area contributed by atoms with Gasteiger partial charge >= 0.3 is 0 Å². The maximum atomic E-state index is 12.4. The number of carbonyl (C=O) groups is 2. The first-order chi connectivity index (χ1) is 14.0. The Morgan fingerprint density at radius 1 is 1.31 bits per heavy atom. The van der Waals surface area contributed by atoms with Gasteiger partial charge in [0.2, 0.25) is 5.91 Å². The van der Waals surface area contributed by atoms with Crippen molar-refractivity contribution in [1.82, 2.24) is 15.6 Å². The lowest BCUT2D eigenvalue weighted by atomic mass is 9.81. The molecule has 152 valence electrons. The van der Waals surface area contributed by atoms with Crippen LogP contribution in [-0.2, 0) is 11.2 Å². The van der Waals surface area contributed by atoms with E-state index in [4.69, 9.17) is 4.74 Å². The molecule has 2 N–H and O–H groups in total. The molecule has 1 saturated carbocycles. The highest BCUT2D eigenvalue weighted by atomic mass is 16.5. The van der Waals surface area contributed by atoms with Gasteiger partial charge in [0.05, 0.1) is 12.1 Å². The molecule has 2 amide bonds. The van der Waals surface area contributed by atoms with Crippen molar-refractivity contribution >= 4 is 11.8 Å². The van der Waals surface area contributed by atoms with Crippen LogP contribution in [0, 0.1) is 6.92 Å². The van der Waals surface area contributed by atoms with E-state index in [2.05, 4.69) is 15.6 Å². The number of pyridine rings is 1. The quantitative estimate of drug-likeness (QED) is 0.837. The first-order valence-corrected chi connectivity index (χ1v) is 10.3. The standard InChI is InChI=1S/C23H27N3O3/c1-16-4-6-20-19(13-16)22(28)25-15-23(29-20)10-8-18(9-11-23)26-21(27)7-5-17-3-2-12-24-14-17/h2-4,6,12-14,18H,5,7-11,15H2,1H3,(H,25,28)(H,26,27). The van der Waals surface area contributed by atoms with Gasteiger partial charge in [0.25, 0.3) is 5.91 Å². The lowest BCUT2D eigenvalue weighted by Crippen LogP contribution is -2.51. The Morgan fingerprint density at radius 3 is 2.90 bits per heavy atom. The Morgan fingerprint density at radius 2 is 2.14 bits per heavy atom. The van der Waals surface area contributed by atoms with Crippen LogP contribution in [0.2, 0.25) is 0 Å². The van der Waals surface area contributed by atoms with Crippen molar-refractivity contribution in [3.05, 3.63) is 59.4 Å². The summed E-state index contributed by atoms with van der Waals surface area (Å²) in [5, 5.41) is 6.19. The predicted molar refractivity (Wildman–Crippen MR) is 110 cm³/mol. The van der Waals surface area contributed by atoms with Crippen LogP contribution in [0.25, 0.3) is 0 Å². The van der Waals surface area contributed by atoms with Crippen LogP contribution in [0.4, 0.5) is 0 Å². The van der Waals surface area contributed by atoms with E-state index in [1.165, 1.54) is 0 Å². The number of hydrogen-bond acceptors (Lipinski definition) is 4. The fraction of sp³-hybridized carbons (Fsp3) is 0.435. The number of nitrogens with zero attached hydrogens (tertiary/aromatic N) is 1. The zero-order valence-corrected chi connectivity index (χ0v) is 16.7. The molecule has 4 rings (SSSR count). The number of nitrogens with one attached hydrogen (secondary N) is 2. The van der Waals surface area contributed by atoms with Crippen LogP contribution in [0.5, 0.6) is 5.75 Å². The minimum absolute atomic E-state index is 0.0747. The van der Waals surface area contributed by atoms with Gasteiger partial charge < -0.3 is 15.4 Å². The highest BCUT2D eigenvalue weighted by molar-refractivity contribution is 5.97. The second kappa shape index (κ2) is 8.23. The predicted octanol–water partition coefficient (Wildman–Crippen LogP) is 2.94. The normalized spacial score (nSPS) is 23.5. The van der Waals surface area contributed by atoms with Gasteiger partial charge in [-0.15, -0.1) is 0 Å². The first kappa shape index (κ1) is 19.4. The molecule has 6 nitrogen and oxygen atoms in total. The number of hydrogen-bond donors (Lipinski definition) is 2. The van der Waals surface area contributed by atoms with Gasteiger partial charge in [-0.25, -0.2) is 0 Å². The average Bonchev–Trinajstić information content (AvgIpc) is 2.86. The Kier molecular flexibility index (Phi) is 5.51. The number of benzene rings is 1. The minimum atomic E-state index is -0.396. The molecule has 0 unspecified atom stereocenters. The fourth-order valence-electron chi connectivity index (χ4n) is 4.19. The van der Waals surface area contributed by atoms with Crippen molar-refractivity contribution in [2.24, 2.45) is 0 Å². The second-order valence-corrected chi connectivity index (χ2v) is 8.17. The lowest BCUT2D eigenvalue weighted by molar-refractivity contribution is -0.122. The van der Waals surface area contributed by atoms with E-state index in [0.717, 1.165) is 36.8 Å². The summed E-state index contributed by atoms with van der Waals surface area (Å²) in [6, 6.07) is 9.77. The molecule has 0 bridgehead atoms. The molecule has 0 atom stereocenters. The molecule has 2 aliphatic rings. The Hall–Kier alpha value is -2.89. The summed E-state index contributed by atoms with van der Waals surface area (Å²) in [5.74, 6) is 0.654. The van der Waals surface area contributed by atoms with Gasteiger partial charge in [-0.05, 0) is 62.8 Å². The third-order valence-corrected chi connectivity index (χ3v) is 5.90. The summed E-state index contributed by atoms with van der Waals surface area (Å²) in [5.41, 5.74) is 2.32. The molecule has 1 aliphatic heterocycles. The molecule has 1 aromatic heterocycles. The number of rotatable bonds is 4. The smallest absolute Gasteiger partial charge is 0.255 e. The number of fused-ring (bicyclic) bond motifs is 1. The highest BCUT2D eigenvalue weighted by Crippen LogP contribution is 2.36. The molecule has 0 saturated heterocycles. The molecule has 2 heterocycles. The van der Waals surface area contributed by atoms with Crippen molar-refractivity contribution in [2.45, 2.75) is 57.1 Å². The molecular weight excluding hydrogens is 366 g/mol. The minimum Gasteiger partial charge on any atom is -0.485 e. The molecule has 2 aromatic rings. The summed E-state index contributed by atoms with van der Waals surface area (Å²) >= 11 is 0. The summed E-state index contributed by atoms with van der Waals surface area (Å²) in [4.78, 5) is 28.8. The average molecular weight is 393 g/mol. The van der Waals surface area contributed by atoms with Crippen LogP contribution in [-0.4, -0.2) is 35.0 Å². The van der Waals surface area contributed by atoms with Gasteiger partial charge in [0.15, 0.2) is 0 Å². The topological polar surface area (TPSA) is 80.3 Å². The van der Waals surface area contributed by atoms with Gasteiger partial charge in [-0.3, -0.25) is 14.6 Å². The molecule has 0 radical (unpaired) electrons. The van der Waals surface area contributed by atoms with E-state index >= 15 is 0 Å². The van der Waals surface area contributed by atoms with Crippen molar-refractivity contribution in [3.63, 3.8) is 0 Å². The van der Waals surface area contributed by atoms with E-state index in [0.29, 0.717) is 30.7 Å². The van der Waals surface area contributed by atoms with E-state index in [9.17, 15) is 9.59 Å². The van der Waals surface area contributed by atoms with Gasteiger partial charge in [-0.2, -0.15) is 0 Å². The molecule has 6 heteroatoms. The van der Waals surface area contributed by atoms with Crippen LogP contribution < -0.4 is 15.4 Å². The lowest BCUT2D eigenvalue weighted by Gasteiger charge is -2.39. The summed E-state index contributed by atoms with van der Waals surface area (Å²) in [6.07, 6.45) is 7.98. The van der Waals surface area contributed by atoms with Crippen molar-refractivity contribution in [3.8, 4) is 5.75 Å². The SMILES string of the molecule is Cc1ccc2c(c1)C(=O)NCC1(CCC(NC(=O)CCc3cccnc3)CC1)O2. The van der Waals surface area contributed by atoms with Crippen molar-refractivity contribution in [1.29, 1.82) is 0 Å². The van der Waals surface area contributed by atoms with Crippen molar-refractivity contribution < 1.29 is 14.3 Å². The van der Waals surface area contributed by atoms with Gasteiger partial charge in [0, 0.05) is 24.9 Å². The molecular formula is C23H27N3O3. The van der Waals surface area contributed by atoms with Gasteiger partial charge in [-0.1, -0.05) is 17.7 Å². The van der Waals surface area contributed by atoms with E-state index in [1.54, 1.807) is 12.4 Å². The Labute approximate surface area is 171 Å². The Bertz CT molecular complexity index is 889. The van der Waals surface area contributed by atoms with E-state index < -0.39 is 5.60 Å². The zero-order valence-electron chi connectivity index (χ0n) is 16.7. The van der Waals surface area contributed by atoms with Crippen LogP contribution >= 0.6 is 0 Å². The Balaban J connectivity index is 1.32. The molecule has 1 spiro atoms. The number of amides is 2. The largest absolute Gasteiger partial charge is 0.485 e. The zero-order chi connectivity index (χ0) is 20.3. The van der Waals surface area contributed by atoms with E-state index in [1.807, 2.05) is 37.3 Å². The number of ether oxygens (including phenoxy) is 1. The molecule has 1 fully saturated rings. The third kappa shape index (κ3) is 4.58. The highest BCUT2D eigenvalue weighted by Gasteiger charge is 2.40. The molecule has 1 aliphatic carbocycles. The van der Waals surface area contributed by atoms with Crippen LogP contribution in [0.15, 0.2) is 42.7 Å². The van der Waals surface area contributed by atoms with Crippen molar-refractivity contribution in [2.75, 3.05) is 6.54 Å². The third-order valence-electron chi connectivity index (χ3n) is 5.90. The number of aromatic nitrogens is 1. The summed E-state index contributed by atoms with van der Waals surface area (Å²) in [7, 11) is 0.